The van der Waals surface area contributed by atoms with Crippen molar-refractivity contribution < 1.29 is 43.1 Å². The van der Waals surface area contributed by atoms with Crippen molar-refractivity contribution in [1.29, 1.82) is 0 Å². The lowest BCUT2D eigenvalue weighted by atomic mass is 10.1. The zero-order valence-electron chi connectivity index (χ0n) is 20.3. The summed E-state index contributed by atoms with van der Waals surface area (Å²) >= 11 is 0. The molecular weight excluding hydrogens is 461 g/mol. The number of unbranched alkanes of at least 4 members (excludes halogenated alkanes) is 4. The van der Waals surface area contributed by atoms with E-state index in [2.05, 4.69) is 18.2 Å². The third kappa shape index (κ3) is 11.9. The molecule has 0 radical (unpaired) electrons. The first kappa shape index (κ1) is 30.0. The number of phosphoric acid groups is 1. The van der Waals surface area contributed by atoms with Crippen LogP contribution in [0.1, 0.15) is 38.5 Å². The Bertz CT molecular complexity index is 925. The van der Waals surface area contributed by atoms with Gasteiger partial charge >= 0.3 is 13.8 Å². The molecule has 2 aromatic rings. The van der Waals surface area contributed by atoms with Crippen LogP contribution >= 0.6 is 7.82 Å². The molecule has 192 valence electrons. The Morgan fingerprint density at radius 3 is 2.26 bits per heavy atom. The van der Waals surface area contributed by atoms with Crippen molar-refractivity contribution in [2.75, 3.05) is 40.9 Å². The number of phosphoric ester groups is 1. The van der Waals surface area contributed by atoms with Crippen molar-refractivity contribution in [2.24, 2.45) is 0 Å². The average molecular weight is 500 g/mol. The second-order valence-corrected chi connectivity index (χ2v) is 10.6. The summed E-state index contributed by atoms with van der Waals surface area (Å²) in [6.45, 7) is 1.01. The van der Waals surface area contributed by atoms with E-state index in [0.29, 0.717) is 17.5 Å². The van der Waals surface area contributed by atoms with E-state index in [0.717, 1.165) is 42.2 Å². The lowest BCUT2D eigenvalue weighted by Gasteiger charge is -2.29. The second-order valence-electron chi connectivity index (χ2n) is 9.19. The third-order valence-electron chi connectivity index (χ3n) is 4.99. The molecule has 0 aliphatic heterocycles. The maximum absolute atomic E-state index is 12.2. The highest BCUT2D eigenvalue weighted by Gasteiger charge is 2.31. The SMILES string of the molecule is C[N+](C)(C)CC(CC(=O)O)OP(=O)(O)OCCCCCCCOc1cccc2ccccc12.[OH-]. The van der Waals surface area contributed by atoms with Crippen LogP contribution in [0.4, 0.5) is 0 Å². The summed E-state index contributed by atoms with van der Waals surface area (Å²) in [7, 11) is 1.26. The van der Waals surface area contributed by atoms with E-state index >= 15 is 0 Å². The number of hydrogen-bond donors (Lipinski definition) is 2. The van der Waals surface area contributed by atoms with Gasteiger partial charge in [-0.25, -0.2) is 4.57 Å². The highest BCUT2D eigenvalue weighted by atomic mass is 31.2. The minimum absolute atomic E-state index is 0. The minimum atomic E-state index is -4.30. The zero-order chi connectivity index (χ0) is 24.3. The van der Waals surface area contributed by atoms with Crippen molar-refractivity contribution in [2.45, 2.75) is 44.6 Å². The molecule has 0 bridgehead atoms. The lowest BCUT2D eigenvalue weighted by molar-refractivity contribution is -0.873. The van der Waals surface area contributed by atoms with Crippen LogP contribution < -0.4 is 4.74 Å². The van der Waals surface area contributed by atoms with E-state index in [-0.39, 0.29) is 25.0 Å². The van der Waals surface area contributed by atoms with Crippen LogP contribution in [0.25, 0.3) is 10.8 Å². The van der Waals surface area contributed by atoms with E-state index in [1.165, 1.54) is 0 Å². The van der Waals surface area contributed by atoms with Crippen molar-refractivity contribution in [1.82, 2.24) is 0 Å². The first-order valence-corrected chi connectivity index (χ1v) is 12.8. The molecule has 0 saturated carbocycles. The number of likely N-dealkylation sites (N-methyl/N-ethyl adjacent to an activating group) is 1. The molecule has 2 rings (SSSR count). The summed E-state index contributed by atoms with van der Waals surface area (Å²) in [5, 5.41) is 11.3. The largest absolute Gasteiger partial charge is 0.870 e. The monoisotopic (exact) mass is 499 g/mol. The molecular formula is C24H38NO8P. The van der Waals surface area contributed by atoms with E-state index < -0.39 is 19.9 Å². The number of fused-ring (bicyclic) bond motifs is 1. The van der Waals surface area contributed by atoms with Gasteiger partial charge < -0.3 is 24.7 Å². The summed E-state index contributed by atoms with van der Waals surface area (Å²) in [6.07, 6.45) is 3.09. The Balaban J connectivity index is 0.00000578. The maximum atomic E-state index is 12.2. The van der Waals surface area contributed by atoms with Crippen molar-refractivity contribution in [3.8, 4) is 5.75 Å². The number of carbonyl (C=O) groups is 1. The average Bonchev–Trinajstić information content (AvgIpc) is 2.70. The van der Waals surface area contributed by atoms with Gasteiger partial charge in [0.15, 0.2) is 0 Å². The normalized spacial score (nSPS) is 14.2. The summed E-state index contributed by atoms with van der Waals surface area (Å²) in [5.74, 6) is -0.190. The Morgan fingerprint density at radius 2 is 1.59 bits per heavy atom. The van der Waals surface area contributed by atoms with Gasteiger partial charge in [0.1, 0.15) is 18.4 Å². The van der Waals surface area contributed by atoms with Gasteiger partial charge in [0.25, 0.3) is 0 Å². The van der Waals surface area contributed by atoms with Crippen LogP contribution in [0, 0.1) is 0 Å². The van der Waals surface area contributed by atoms with Crippen molar-refractivity contribution in [3.05, 3.63) is 42.5 Å². The molecule has 0 aliphatic rings. The Hall–Kier alpha value is -2.00. The van der Waals surface area contributed by atoms with Gasteiger partial charge in [-0.05, 0) is 24.3 Å². The lowest BCUT2D eigenvalue weighted by Crippen LogP contribution is -2.42. The molecule has 2 atom stereocenters. The number of carboxylic acids is 1. The summed E-state index contributed by atoms with van der Waals surface area (Å²) in [6, 6.07) is 14.2. The molecule has 0 aliphatic carbocycles. The highest BCUT2D eigenvalue weighted by Crippen LogP contribution is 2.45. The second kappa shape index (κ2) is 14.4. The molecule has 0 saturated heterocycles. The quantitative estimate of drug-likeness (QED) is 0.193. The van der Waals surface area contributed by atoms with Crippen LogP contribution in [0.15, 0.2) is 42.5 Å². The molecule has 0 aromatic heterocycles. The van der Waals surface area contributed by atoms with Gasteiger partial charge in [0, 0.05) is 5.39 Å². The van der Waals surface area contributed by atoms with Gasteiger partial charge in [0.2, 0.25) is 0 Å². The van der Waals surface area contributed by atoms with E-state index in [1.54, 1.807) is 0 Å². The van der Waals surface area contributed by atoms with Crippen LogP contribution in [-0.4, -0.2) is 72.9 Å². The molecule has 0 fully saturated rings. The standard InChI is InChI=1S/C24H36NO7P.H2O/c1-25(2,3)19-21(18-24(26)27)32-33(28,29)31-17-10-6-4-5-9-16-30-23-15-11-13-20-12-7-8-14-22(20)23;/h7-8,11-15,21H,4-6,9-10,16-19H2,1-3H3,(H-,26,27,28,29);1H2. The number of nitrogens with zero attached hydrogens (tertiary/aromatic N) is 1. The van der Waals surface area contributed by atoms with Gasteiger partial charge in [-0.3, -0.25) is 13.8 Å². The molecule has 0 heterocycles. The fourth-order valence-corrected chi connectivity index (χ4v) is 4.52. The fourth-order valence-electron chi connectivity index (χ4n) is 3.58. The molecule has 9 nitrogen and oxygen atoms in total. The van der Waals surface area contributed by atoms with Crippen molar-refractivity contribution >= 4 is 24.6 Å². The first-order chi connectivity index (χ1) is 15.6. The predicted molar refractivity (Wildman–Crippen MR) is 130 cm³/mol. The van der Waals surface area contributed by atoms with E-state index in [4.69, 9.17) is 18.9 Å². The molecule has 10 heteroatoms. The number of aliphatic carboxylic acids is 1. The van der Waals surface area contributed by atoms with E-state index in [9.17, 15) is 14.3 Å². The van der Waals surface area contributed by atoms with Gasteiger partial charge in [-0.1, -0.05) is 55.7 Å². The summed E-state index contributed by atoms with van der Waals surface area (Å²) in [5.41, 5.74) is 0. The highest BCUT2D eigenvalue weighted by molar-refractivity contribution is 7.47. The smallest absolute Gasteiger partial charge is 0.472 e. The molecule has 2 unspecified atom stereocenters. The molecule has 3 N–H and O–H groups in total. The summed E-state index contributed by atoms with van der Waals surface area (Å²) < 4.78 is 28.7. The Morgan fingerprint density at radius 1 is 0.971 bits per heavy atom. The van der Waals surface area contributed by atoms with Crippen molar-refractivity contribution in [3.63, 3.8) is 0 Å². The molecule has 2 aromatic carbocycles. The molecule has 0 amide bonds. The summed E-state index contributed by atoms with van der Waals surface area (Å²) in [4.78, 5) is 21.0. The van der Waals surface area contributed by atoms with Gasteiger partial charge in [0.05, 0.1) is 40.8 Å². The number of quaternary nitrogens is 1. The molecule has 34 heavy (non-hydrogen) atoms. The molecule has 0 spiro atoms. The van der Waals surface area contributed by atoms with Crippen LogP contribution in [0.3, 0.4) is 0 Å². The topological polar surface area (TPSA) is 132 Å². The van der Waals surface area contributed by atoms with Gasteiger partial charge in [-0.15, -0.1) is 0 Å². The predicted octanol–water partition coefficient (Wildman–Crippen LogP) is 4.68. The van der Waals surface area contributed by atoms with E-state index in [1.807, 2.05) is 45.4 Å². The number of hydrogen-bond acceptors (Lipinski definition) is 6. The fraction of sp³-hybridized carbons (Fsp3) is 0.542. The first-order valence-electron chi connectivity index (χ1n) is 11.3. The van der Waals surface area contributed by atoms with Crippen LogP contribution in [0.2, 0.25) is 0 Å². The Kier molecular flexibility index (Phi) is 12.7. The minimum Gasteiger partial charge on any atom is -0.870 e. The zero-order valence-corrected chi connectivity index (χ0v) is 21.2. The maximum Gasteiger partial charge on any atom is 0.472 e. The number of carboxylic acid groups (broad SMARTS) is 1. The number of ether oxygens (including phenoxy) is 1. The third-order valence-corrected chi connectivity index (χ3v) is 6.06. The number of rotatable bonds is 16. The van der Waals surface area contributed by atoms with Gasteiger partial charge in [-0.2, -0.15) is 0 Å². The van der Waals surface area contributed by atoms with Crippen LogP contribution in [-0.2, 0) is 18.4 Å². The van der Waals surface area contributed by atoms with Crippen LogP contribution in [0.5, 0.6) is 5.75 Å². The Labute approximate surface area is 201 Å². The number of benzene rings is 2.